The lowest BCUT2D eigenvalue weighted by atomic mass is 10.1. The number of carbonyl (C=O) groups is 2. The molecule has 1 aliphatic carbocycles. The minimum atomic E-state index is -0.835. The molecule has 0 saturated heterocycles. The number of carboxylic acid groups (broad SMARTS) is 1. The van der Waals surface area contributed by atoms with Gasteiger partial charge in [0.05, 0.1) is 0 Å². The number of amides is 1. The van der Waals surface area contributed by atoms with Crippen molar-refractivity contribution in [3.8, 4) is 0 Å². The summed E-state index contributed by atoms with van der Waals surface area (Å²) in [6.45, 7) is 0.445. The molecule has 1 aliphatic rings. The molecular formula is C15H17ClFNO3. The van der Waals surface area contributed by atoms with Gasteiger partial charge in [-0.15, -0.1) is 0 Å². The Labute approximate surface area is 127 Å². The number of halogens is 2. The SMILES string of the molecule is O=C(O)CCCCNC(=O)[C@H]1C[C@H]1c1c(F)cccc1Cl. The molecule has 6 heteroatoms. The second-order valence-electron chi connectivity index (χ2n) is 5.23. The molecule has 0 spiro atoms. The predicted octanol–water partition coefficient (Wildman–Crippen LogP) is 2.95. The van der Waals surface area contributed by atoms with Crippen LogP contribution in [-0.4, -0.2) is 23.5 Å². The Bertz CT molecular complexity index is 529. The van der Waals surface area contributed by atoms with Crippen molar-refractivity contribution in [2.75, 3.05) is 6.54 Å². The maximum absolute atomic E-state index is 13.7. The predicted molar refractivity (Wildman–Crippen MR) is 76.8 cm³/mol. The Morgan fingerprint density at radius 2 is 2.14 bits per heavy atom. The molecular weight excluding hydrogens is 297 g/mol. The van der Waals surface area contributed by atoms with E-state index in [1.807, 2.05) is 0 Å². The Morgan fingerprint density at radius 1 is 1.38 bits per heavy atom. The maximum atomic E-state index is 13.7. The van der Waals surface area contributed by atoms with Crippen molar-refractivity contribution in [1.29, 1.82) is 0 Å². The van der Waals surface area contributed by atoms with Crippen LogP contribution in [0.2, 0.25) is 5.02 Å². The van der Waals surface area contributed by atoms with Crippen LogP contribution < -0.4 is 5.32 Å². The fraction of sp³-hybridized carbons (Fsp3) is 0.467. The smallest absolute Gasteiger partial charge is 0.303 e. The van der Waals surface area contributed by atoms with E-state index in [1.54, 1.807) is 12.1 Å². The van der Waals surface area contributed by atoms with E-state index in [4.69, 9.17) is 16.7 Å². The second-order valence-corrected chi connectivity index (χ2v) is 5.63. The first-order valence-corrected chi connectivity index (χ1v) is 7.32. The molecule has 21 heavy (non-hydrogen) atoms. The number of hydrogen-bond acceptors (Lipinski definition) is 2. The molecule has 1 saturated carbocycles. The van der Waals surface area contributed by atoms with Gasteiger partial charge in [0.2, 0.25) is 5.91 Å². The van der Waals surface area contributed by atoms with Crippen LogP contribution in [0.5, 0.6) is 0 Å². The quantitative estimate of drug-likeness (QED) is 0.761. The number of carboxylic acids is 1. The van der Waals surface area contributed by atoms with E-state index in [1.165, 1.54) is 6.07 Å². The lowest BCUT2D eigenvalue weighted by Gasteiger charge is -2.06. The Kier molecular flexibility index (Phi) is 5.17. The lowest BCUT2D eigenvalue weighted by Crippen LogP contribution is -2.26. The van der Waals surface area contributed by atoms with Gasteiger partial charge in [-0.2, -0.15) is 0 Å². The zero-order valence-corrected chi connectivity index (χ0v) is 12.2. The first-order chi connectivity index (χ1) is 10.0. The molecule has 0 unspecified atom stereocenters. The number of rotatable bonds is 7. The van der Waals surface area contributed by atoms with Crippen molar-refractivity contribution >= 4 is 23.5 Å². The average molecular weight is 314 g/mol. The van der Waals surface area contributed by atoms with E-state index in [9.17, 15) is 14.0 Å². The Balaban J connectivity index is 1.78. The van der Waals surface area contributed by atoms with Crippen LogP contribution in [0.1, 0.15) is 37.2 Å². The summed E-state index contributed by atoms with van der Waals surface area (Å²) in [5.41, 5.74) is 0.421. The maximum Gasteiger partial charge on any atom is 0.303 e. The third kappa shape index (κ3) is 4.17. The van der Waals surface area contributed by atoms with Gasteiger partial charge in [0.25, 0.3) is 0 Å². The zero-order valence-electron chi connectivity index (χ0n) is 11.4. The normalized spacial score (nSPS) is 20.1. The minimum absolute atomic E-state index is 0.104. The molecule has 2 rings (SSSR count). The minimum Gasteiger partial charge on any atom is -0.481 e. The summed E-state index contributed by atoms with van der Waals surface area (Å²) in [5.74, 6) is -1.71. The highest BCUT2D eigenvalue weighted by atomic mass is 35.5. The fourth-order valence-electron chi connectivity index (χ4n) is 2.41. The van der Waals surface area contributed by atoms with E-state index in [0.717, 1.165) is 0 Å². The van der Waals surface area contributed by atoms with Gasteiger partial charge in [0, 0.05) is 35.4 Å². The molecule has 1 aromatic carbocycles. The largest absolute Gasteiger partial charge is 0.481 e. The molecule has 1 amide bonds. The van der Waals surface area contributed by atoms with Gasteiger partial charge in [-0.1, -0.05) is 17.7 Å². The van der Waals surface area contributed by atoms with Crippen LogP contribution in [0.25, 0.3) is 0 Å². The highest BCUT2D eigenvalue weighted by molar-refractivity contribution is 6.31. The monoisotopic (exact) mass is 313 g/mol. The fourth-order valence-corrected chi connectivity index (χ4v) is 2.72. The zero-order chi connectivity index (χ0) is 15.4. The molecule has 1 aromatic rings. The topological polar surface area (TPSA) is 66.4 Å². The van der Waals surface area contributed by atoms with Crippen molar-refractivity contribution in [2.45, 2.75) is 31.6 Å². The van der Waals surface area contributed by atoms with E-state index >= 15 is 0 Å². The summed E-state index contributed by atoms with van der Waals surface area (Å²) in [7, 11) is 0. The van der Waals surface area contributed by atoms with E-state index < -0.39 is 5.97 Å². The highest BCUT2D eigenvalue weighted by Gasteiger charge is 2.45. The summed E-state index contributed by atoms with van der Waals surface area (Å²) >= 11 is 5.98. The third-order valence-corrected chi connectivity index (χ3v) is 3.94. The number of nitrogens with one attached hydrogen (secondary N) is 1. The molecule has 1 fully saturated rings. The van der Waals surface area contributed by atoms with Gasteiger partial charge < -0.3 is 10.4 Å². The van der Waals surface area contributed by atoms with Crippen LogP contribution >= 0.6 is 11.6 Å². The molecule has 2 atom stereocenters. The summed E-state index contributed by atoms with van der Waals surface area (Å²) in [5, 5.41) is 11.6. The molecule has 0 aliphatic heterocycles. The number of aliphatic carboxylic acids is 1. The van der Waals surface area contributed by atoms with Crippen molar-refractivity contribution in [2.24, 2.45) is 5.92 Å². The van der Waals surface area contributed by atoms with Gasteiger partial charge in [-0.25, -0.2) is 4.39 Å². The summed E-state index contributed by atoms with van der Waals surface area (Å²) in [4.78, 5) is 22.3. The van der Waals surface area contributed by atoms with Crippen LogP contribution in [0.3, 0.4) is 0 Å². The first kappa shape index (κ1) is 15.8. The number of unbranched alkanes of at least 4 members (excludes halogenated alkanes) is 1. The van der Waals surface area contributed by atoms with Crippen LogP contribution in [-0.2, 0) is 9.59 Å². The average Bonchev–Trinajstić information content (AvgIpc) is 3.18. The molecule has 0 radical (unpaired) electrons. The molecule has 0 aromatic heterocycles. The lowest BCUT2D eigenvalue weighted by molar-refractivity contribution is -0.137. The van der Waals surface area contributed by atoms with Gasteiger partial charge >= 0.3 is 5.97 Å². The van der Waals surface area contributed by atoms with Gasteiger partial charge in [-0.3, -0.25) is 9.59 Å². The molecule has 4 nitrogen and oxygen atoms in total. The summed E-state index contributed by atoms with van der Waals surface area (Å²) in [6, 6.07) is 4.51. The van der Waals surface area contributed by atoms with Gasteiger partial charge in [0.15, 0.2) is 0 Å². The number of hydrogen-bond donors (Lipinski definition) is 2. The van der Waals surface area contributed by atoms with Crippen LogP contribution in [0.15, 0.2) is 18.2 Å². The number of carbonyl (C=O) groups excluding carboxylic acids is 1. The van der Waals surface area contributed by atoms with Crippen molar-refractivity contribution in [3.63, 3.8) is 0 Å². The Morgan fingerprint density at radius 3 is 2.81 bits per heavy atom. The summed E-state index contributed by atoms with van der Waals surface area (Å²) < 4.78 is 13.7. The van der Waals surface area contributed by atoms with Gasteiger partial charge in [0.1, 0.15) is 5.82 Å². The van der Waals surface area contributed by atoms with Crippen molar-refractivity contribution in [1.82, 2.24) is 5.32 Å². The Hall–Kier alpha value is -1.62. The van der Waals surface area contributed by atoms with E-state index in [0.29, 0.717) is 36.4 Å². The van der Waals surface area contributed by atoms with Crippen LogP contribution in [0, 0.1) is 11.7 Å². The van der Waals surface area contributed by atoms with Gasteiger partial charge in [-0.05, 0) is 31.4 Å². The van der Waals surface area contributed by atoms with Crippen LogP contribution in [0.4, 0.5) is 4.39 Å². The standard InChI is InChI=1S/C15H17ClFNO3/c16-11-4-3-5-12(17)14(11)9-8-10(9)15(21)18-7-2-1-6-13(19)20/h3-5,9-10H,1-2,6-8H2,(H,18,21)(H,19,20)/t9-,10+/m1/s1. The summed E-state index contributed by atoms with van der Waals surface area (Å²) in [6.07, 6.45) is 1.85. The van der Waals surface area contributed by atoms with Crippen molar-refractivity contribution in [3.05, 3.63) is 34.6 Å². The molecule has 2 N–H and O–H groups in total. The number of benzene rings is 1. The second kappa shape index (κ2) is 6.89. The van der Waals surface area contributed by atoms with Crippen molar-refractivity contribution < 1.29 is 19.1 Å². The third-order valence-electron chi connectivity index (χ3n) is 3.61. The first-order valence-electron chi connectivity index (χ1n) is 6.94. The highest BCUT2D eigenvalue weighted by Crippen LogP contribution is 2.50. The molecule has 114 valence electrons. The van der Waals surface area contributed by atoms with E-state index in [2.05, 4.69) is 5.32 Å². The van der Waals surface area contributed by atoms with E-state index in [-0.39, 0.29) is 30.0 Å². The molecule has 0 bridgehead atoms. The molecule has 0 heterocycles.